The van der Waals surface area contributed by atoms with E-state index in [0.717, 1.165) is 42.0 Å². The van der Waals surface area contributed by atoms with Gasteiger partial charge in [0.2, 0.25) is 17.7 Å². The van der Waals surface area contributed by atoms with Crippen LogP contribution in [0.4, 0.5) is 23.1 Å². The molecule has 0 spiro atoms. The minimum absolute atomic E-state index is 0.0561. The minimum atomic E-state index is -0.407. The zero-order valence-corrected chi connectivity index (χ0v) is 22.4. The van der Waals surface area contributed by atoms with E-state index in [9.17, 15) is 14.4 Å². The third kappa shape index (κ3) is 9.37. The first-order valence-corrected chi connectivity index (χ1v) is 13.7. The molecule has 2 heterocycles. The van der Waals surface area contributed by atoms with Gasteiger partial charge in [-0.25, -0.2) is 15.4 Å². The van der Waals surface area contributed by atoms with Gasteiger partial charge in [0, 0.05) is 47.2 Å². The maximum absolute atomic E-state index is 12.6. The number of hydrogen-bond donors (Lipinski definition) is 6. The number of nitrogens with one attached hydrogen (secondary N) is 5. The van der Waals surface area contributed by atoms with Gasteiger partial charge in [-0.1, -0.05) is 12.8 Å². The number of unbranched alkanes of at least 4 members (excludes halogenated alkanes) is 3. The molecule has 1 aliphatic carbocycles. The van der Waals surface area contributed by atoms with Crippen molar-refractivity contribution >= 4 is 52.6 Å². The second kappa shape index (κ2) is 13.7. The number of rotatable bonds is 14. The molecule has 206 valence electrons. The monoisotopic (exact) mass is 552 g/mol. The molecule has 39 heavy (non-hydrogen) atoms. The number of anilines is 4. The average Bonchev–Trinajstić information content (AvgIpc) is 3.69. The molecular weight excluding hydrogens is 520 g/mol. The van der Waals surface area contributed by atoms with Gasteiger partial charge < -0.3 is 16.0 Å². The lowest BCUT2D eigenvalue weighted by Crippen LogP contribution is -2.17. The van der Waals surface area contributed by atoms with Crippen LogP contribution in [0.5, 0.6) is 0 Å². The SMILES string of the molecule is Cc1cc(Nc2cc(NC(=O)CCCCCCC(=O)NO)nc(Sc3ccc(NC(=O)C4CC4)cc3)n2)n[nH]1. The molecule has 13 heteroatoms. The van der Waals surface area contributed by atoms with Gasteiger partial charge in [-0.2, -0.15) is 5.10 Å². The zero-order valence-electron chi connectivity index (χ0n) is 21.6. The van der Waals surface area contributed by atoms with Crippen molar-refractivity contribution in [3.05, 3.63) is 42.1 Å². The van der Waals surface area contributed by atoms with Crippen molar-refractivity contribution in [1.29, 1.82) is 0 Å². The fourth-order valence-corrected chi connectivity index (χ4v) is 4.47. The van der Waals surface area contributed by atoms with Crippen LogP contribution in [-0.4, -0.2) is 43.1 Å². The summed E-state index contributed by atoms with van der Waals surface area (Å²) in [6, 6.07) is 10.9. The first-order chi connectivity index (χ1) is 18.9. The number of carbonyl (C=O) groups is 3. The largest absolute Gasteiger partial charge is 0.326 e. The van der Waals surface area contributed by atoms with Gasteiger partial charge in [0.25, 0.3) is 0 Å². The second-order valence-corrected chi connectivity index (χ2v) is 10.4. The zero-order chi connectivity index (χ0) is 27.6. The summed E-state index contributed by atoms with van der Waals surface area (Å²) in [5.41, 5.74) is 3.25. The number of aromatic nitrogens is 4. The number of hydroxylamine groups is 1. The van der Waals surface area contributed by atoms with Crippen LogP contribution in [0.15, 0.2) is 46.5 Å². The first kappa shape index (κ1) is 28.0. The third-order valence-electron chi connectivity index (χ3n) is 5.90. The molecule has 1 aliphatic rings. The second-order valence-electron chi connectivity index (χ2n) is 9.37. The molecule has 3 amide bonds. The fourth-order valence-electron chi connectivity index (χ4n) is 3.70. The molecule has 1 fully saturated rings. The summed E-state index contributed by atoms with van der Waals surface area (Å²) in [5.74, 6) is 1.04. The van der Waals surface area contributed by atoms with Crippen molar-refractivity contribution in [1.82, 2.24) is 25.6 Å². The van der Waals surface area contributed by atoms with E-state index in [1.807, 2.05) is 37.3 Å². The van der Waals surface area contributed by atoms with Gasteiger partial charge in [0.15, 0.2) is 11.0 Å². The summed E-state index contributed by atoms with van der Waals surface area (Å²) in [7, 11) is 0. The molecule has 0 bridgehead atoms. The molecule has 1 saturated carbocycles. The van der Waals surface area contributed by atoms with Gasteiger partial charge in [0.1, 0.15) is 11.6 Å². The maximum Gasteiger partial charge on any atom is 0.243 e. The molecule has 1 aromatic carbocycles. The van der Waals surface area contributed by atoms with E-state index in [1.54, 1.807) is 11.5 Å². The van der Waals surface area contributed by atoms with E-state index in [1.165, 1.54) is 11.8 Å². The summed E-state index contributed by atoms with van der Waals surface area (Å²) in [6.07, 6.45) is 5.36. The van der Waals surface area contributed by atoms with Crippen molar-refractivity contribution in [3.8, 4) is 0 Å². The normalized spacial score (nSPS) is 12.6. The lowest BCUT2D eigenvalue weighted by Gasteiger charge is -2.10. The Balaban J connectivity index is 1.37. The average molecular weight is 553 g/mol. The summed E-state index contributed by atoms with van der Waals surface area (Å²) >= 11 is 1.33. The van der Waals surface area contributed by atoms with E-state index in [-0.39, 0.29) is 24.2 Å². The van der Waals surface area contributed by atoms with Crippen molar-refractivity contribution in [2.45, 2.75) is 68.3 Å². The van der Waals surface area contributed by atoms with Crippen LogP contribution in [0.1, 0.15) is 57.1 Å². The Bertz CT molecular complexity index is 1290. The molecule has 0 radical (unpaired) electrons. The third-order valence-corrected chi connectivity index (χ3v) is 6.77. The molecule has 3 aromatic rings. The Hall–Kier alpha value is -3.97. The highest BCUT2D eigenvalue weighted by atomic mass is 32.2. The summed E-state index contributed by atoms with van der Waals surface area (Å²) in [6.45, 7) is 1.89. The van der Waals surface area contributed by atoms with Gasteiger partial charge >= 0.3 is 0 Å². The molecule has 4 rings (SSSR count). The molecular formula is C26H32N8O4S. The number of H-pyrrole nitrogens is 1. The Morgan fingerprint density at radius 1 is 0.923 bits per heavy atom. The molecule has 2 aromatic heterocycles. The van der Waals surface area contributed by atoms with Crippen LogP contribution in [0.3, 0.4) is 0 Å². The van der Waals surface area contributed by atoms with Crippen LogP contribution in [0, 0.1) is 12.8 Å². The van der Waals surface area contributed by atoms with E-state index in [0.29, 0.717) is 41.9 Å². The summed E-state index contributed by atoms with van der Waals surface area (Å²) < 4.78 is 0. The Morgan fingerprint density at radius 3 is 2.26 bits per heavy atom. The van der Waals surface area contributed by atoms with E-state index in [2.05, 4.69) is 36.1 Å². The van der Waals surface area contributed by atoms with Crippen LogP contribution < -0.4 is 21.4 Å². The number of carbonyl (C=O) groups excluding carboxylic acids is 3. The van der Waals surface area contributed by atoms with Gasteiger partial charge in [0.05, 0.1) is 0 Å². The quantitative estimate of drug-likeness (QED) is 0.0726. The van der Waals surface area contributed by atoms with Crippen molar-refractivity contribution in [3.63, 3.8) is 0 Å². The standard InChI is InChI=1S/C26H32N8O4S/c1-16-14-22(33-32-16)28-20-15-21(29-23(35)6-4-2-3-5-7-24(36)34-38)31-26(30-20)39-19-12-10-18(11-13-19)27-25(37)17-8-9-17/h10-15,17,38H,2-9H2,1H3,(H,27,37)(H,34,36)(H3,28,29,30,31,32,33,35). The molecule has 0 atom stereocenters. The smallest absolute Gasteiger partial charge is 0.243 e. The molecule has 0 unspecified atom stereocenters. The lowest BCUT2D eigenvalue weighted by atomic mass is 10.1. The highest BCUT2D eigenvalue weighted by molar-refractivity contribution is 7.99. The predicted octanol–water partition coefficient (Wildman–Crippen LogP) is 4.54. The van der Waals surface area contributed by atoms with Crippen LogP contribution in [0.2, 0.25) is 0 Å². The van der Waals surface area contributed by atoms with E-state index >= 15 is 0 Å². The van der Waals surface area contributed by atoms with Crippen LogP contribution >= 0.6 is 11.8 Å². The summed E-state index contributed by atoms with van der Waals surface area (Å²) in [4.78, 5) is 45.6. The van der Waals surface area contributed by atoms with Gasteiger partial charge in [-0.05, 0) is 68.6 Å². The van der Waals surface area contributed by atoms with Gasteiger partial charge in [-0.15, -0.1) is 0 Å². The van der Waals surface area contributed by atoms with E-state index in [4.69, 9.17) is 5.21 Å². The number of nitrogens with zero attached hydrogens (tertiary/aromatic N) is 3. The lowest BCUT2D eigenvalue weighted by molar-refractivity contribution is -0.129. The number of aryl methyl sites for hydroxylation is 1. The minimum Gasteiger partial charge on any atom is -0.326 e. The van der Waals surface area contributed by atoms with Crippen molar-refractivity contribution in [2.24, 2.45) is 5.92 Å². The number of hydrogen-bond acceptors (Lipinski definition) is 9. The molecule has 12 nitrogen and oxygen atoms in total. The molecule has 0 aliphatic heterocycles. The maximum atomic E-state index is 12.6. The predicted molar refractivity (Wildman–Crippen MR) is 147 cm³/mol. The van der Waals surface area contributed by atoms with Crippen LogP contribution in [0.25, 0.3) is 0 Å². The summed E-state index contributed by atoms with van der Waals surface area (Å²) in [5, 5.41) is 24.9. The Kier molecular flexibility index (Phi) is 9.86. The topological polar surface area (TPSA) is 174 Å². The van der Waals surface area contributed by atoms with Crippen LogP contribution in [-0.2, 0) is 14.4 Å². The first-order valence-electron chi connectivity index (χ1n) is 12.9. The van der Waals surface area contributed by atoms with Crippen molar-refractivity contribution in [2.75, 3.05) is 16.0 Å². The Morgan fingerprint density at radius 2 is 1.62 bits per heavy atom. The molecule has 6 N–H and O–H groups in total. The highest BCUT2D eigenvalue weighted by Gasteiger charge is 2.29. The van der Waals surface area contributed by atoms with E-state index < -0.39 is 5.91 Å². The Labute approximate surface area is 230 Å². The van der Waals surface area contributed by atoms with Gasteiger partial charge in [-0.3, -0.25) is 24.7 Å². The molecule has 0 saturated heterocycles. The number of benzene rings is 1. The fraction of sp³-hybridized carbons (Fsp3) is 0.385. The number of aromatic amines is 1. The van der Waals surface area contributed by atoms with Crippen molar-refractivity contribution < 1.29 is 19.6 Å². The number of amides is 3. The highest BCUT2D eigenvalue weighted by Crippen LogP contribution is 2.32.